The molecule has 7 heteroatoms. The molecule has 0 radical (unpaired) electrons. The molecule has 0 amide bonds. The number of nitrogens with zero attached hydrogens (tertiary/aromatic N) is 1. The van der Waals surface area contributed by atoms with Crippen molar-refractivity contribution in [1.29, 1.82) is 0 Å². The molecule has 1 aliphatic heterocycles. The van der Waals surface area contributed by atoms with Crippen LogP contribution in [0.2, 0.25) is 0 Å². The van der Waals surface area contributed by atoms with Crippen molar-refractivity contribution < 1.29 is 23.7 Å². The van der Waals surface area contributed by atoms with E-state index in [2.05, 4.69) is 20.9 Å². The van der Waals surface area contributed by atoms with E-state index in [1.54, 1.807) is 25.5 Å². The summed E-state index contributed by atoms with van der Waals surface area (Å²) < 4.78 is 22.6. The van der Waals surface area contributed by atoms with Gasteiger partial charge in [-0.2, -0.15) is 0 Å². The van der Waals surface area contributed by atoms with Crippen molar-refractivity contribution in [1.82, 2.24) is 0 Å². The summed E-state index contributed by atoms with van der Waals surface area (Å²) in [6.45, 7) is 1.02. The van der Waals surface area contributed by atoms with Crippen LogP contribution in [0, 0.1) is 0 Å². The van der Waals surface area contributed by atoms with Gasteiger partial charge in [0.15, 0.2) is 17.3 Å². The molecule has 2 aromatic rings. The molecule has 0 saturated carbocycles. The molecular weight excluding hydrogens is 414 g/mol. The Kier molecular flexibility index (Phi) is 6.47. The van der Waals surface area contributed by atoms with Crippen molar-refractivity contribution in [2.75, 3.05) is 34.0 Å². The van der Waals surface area contributed by atoms with Crippen LogP contribution < -0.4 is 14.2 Å². The maximum absolute atomic E-state index is 12.6. The second kappa shape index (κ2) is 9.01. The van der Waals surface area contributed by atoms with Gasteiger partial charge in [-0.3, -0.25) is 9.79 Å². The zero-order valence-electron chi connectivity index (χ0n) is 15.1. The quantitative estimate of drug-likeness (QED) is 0.623. The highest BCUT2D eigenvalue weighted by molar-refractivity contribution is 9.10. The molecule has 1 aliphatic rings. The molecule has 6 nitrogen and oxygen atoms in total. The Hall–Kier alpha value is -2.38. The number of aliphatic imine (C=N–C) groups is 1. The van der Waals surface area contributed by atoms with Gasteiger partial charge in [0.1, 0.15) is 31.6 Å². The molecule has 3 rings (SSSR count). The fraction of sp³-hybridized carbons (Fsp3) is 0.300. The molecule has 142 valence electrons. The highest BCUT2D eigenvalue weighted by Gasteiger charge is 2.22. The maximum Gasteiger partial charge on any atom is 0.187 e. The molecule has 0 saturated heterocycles. The fourth-order valence-corrected chi connectivity index (χ4v) is 3.17. The summed E-state index contributed by atoms with van der Waals surface area (Å²) in [5.41, 5.74) is 1.56. The number of ketones is 1. The topological polar surface area (TPSA) is 66.4 Å². The predicted octanol–water partition coefficient (Wildman–Crippen LogP) is 3.60. The second-order valence-electron chi connectivity index (χ2n) is 5.85. The lowest BCUT2D eigenvalue weighted by Gasteiger charge is -2.20. The van der Waals surface area contributed by atoms with Crippen LogP contribution in [0.25, 0.3) is 0 Å². The van der Waals surface area contributed by atoms with E-state index in [1.807, 2.05) is 24.3 Å². The van der Waals surface area contributed by atoms with Gasteiger partial charge in [-0.05, 0) is 51.3 Å². The lowest BCUT2D eigenvalue weighted by atomic mass is 10.0. The van der Waals surface area contributed by atoms with Gasteiger partial charge >= 0.3 is 0 Å². The minimum absolute atomic E-state index is 0.00529. The zero-order chi connectivity index (χ0) is 19.2. The van der Waals surface area contributed by atoms with Gasteiger partial charge in [0.05, 0.1) is 11.6 Å². The number of Topliss-reactive ketones (excluding diaryl/α,β-unsaturated/α-hetero) is 1. The summed E-state index contributed by atoms with van der Waals surface area (Å²) in [7, 11) is 3.10. The highest BCUT2D eigenvalue weighted by atomic mass is 79.9. The number of hydrogen-bond donors (Lipinski definition) is 0. The van der Waals surface area contributed by atoms with Crippen LogP contribution in [0.15, 0.2) is 45.9 Å². The molecule has 27 heavy (non-hydrogen) atoms. The fourth-order valence-electron chi connectivity index (χ4n) is 2.76. The molecule has 0 bridgehead atoms. The number of fused-ring (bicyclic) bond motifs is 1. The van der Waals surface area contributed by atoms with Crippen LogP contribution in [0.4, 0.5) is 0 Å². The number of benzene rings is 2. The van der Waals surface area contributed by atoms with Crippen LogP contribution in [-0.2, 0) is 9.53 Å². The van der Waals surface area contributed by atoms with Crippen LogP contribution in [-0.4, -0.2) is 46.0 Å². The van der Waals surface area contributed by atoms with Crippen molar-refractivity contribution in [3.8, 4) is 17.2 Å². The number of halogens is 1. The third-order valence-corrected chi connectivity index (χ3v) is 4.71. The van der Waals surface area contributed by atoms with Crippen molar-refractivity contribution >= 4 is 27.9 Å². The lowest BCUT2D eigenvalue weighted by molar-refractivity contribution is -0.127. The van der Waals surface area contributed by atoms with Gasteiger partial charge in [-0.1, -0.05) is 12.1 Å². The summed E-state index contributed by atoms with van der Waals surface area (Å²) in [4.78, 5) is 16.8. The standard InChI is InChI=1S/C20H20BrNO5/c1-24-18-9-13(3-5-15(18)21)11-22-12-16(23)20(25-2)14-4-6-17-19(10-14)27-8-7-26-17/h3-6,9-11,20H,7-8,12H2,1-2H3. The summed E-state index contributed by atoms with van der Waals surface area (Å²) in [6, 6.07) is 11.0. The second-order valence-corrected chi connectivity index (χ2v) is 6.70. The Morgan fingerprint density at radius 3 is 2.70 bits per heavy atom. The van der Waals surface area contributed by atoms with Crippen molar-refractivity contribution in [3.63, 3.8) is 0 Å². The van der Waals surface area contributed by atoms with E-state index < -0.39 is 6.10 Å². The van der Waals surface area contributed by atoms with Crippen LogP contribution in [0.1, 0.15) is 17.2 Å². The molecular formula is C20H20BrNO5. The monoisotopic (exact) mass is 433 g/mol. The van der Waals surface area contributed by atoms with E-state index >= 15 is 0 Å². The SMILES string of the molecule is COc1cc(C=NCC(=O)C(OC)c2ccc3c(c2)OCCO3)ccc1Br. The van der Waals surface area contributed by atoms with Gasteiger partial charge in [-0.25, -0.2) is 0 Å². The third-order valence-electron chi connectivity index (χ3n) is 4.06. The van der Waals surface area contributed by atoms with Crippen LogP contribution >= 0.6 is 15.9 Å². The number of carbonyl (C=O) groups is 1. The first kappa shape index (κ1) is 19.4. The van der Waals surface area contributed by atoms with Gasteiger partial charge in [-0.15, -0.1) is 0 Å². The minimum Gasteiger partial charge on any atom is -0.496 e. The molecule has 0 fully saturated rings. The van der Waals surface area contributed by atoms with Gasteiger partial charge in [0.2, 0.25) is 0 Å². The first-order chi connectivity index (χ1) is 13.1. The summed E-state index contributed by atoms with van der Waals surface area (Å²) in [6.07, 6.45) is 0.932. The van der Waals surface area contributed by atoms with E-state index in [1.165, 1.54) is 7.11 Å². The Balaban J connectivity index is 1.68. The Morgan fingerprint density at radius 2 is 1.96 bits per heavy atom. The summed E-state index contributed by atoms with van der Waals surface area (Å²) in [5.74, 6) is 1.86. The normalized spacial score (nSPS) is 14.2. The number of carbonyl (C=O) groups excluding carboxylic acids is 1. The van der Waals surface area contributed by atoms with Crippen LogP contribution in [0.5, 0.6) is 17.2 Å². The molecule has 2 aromatic carbocycles. The van der Waals surface area contributed by atoms with Gasteiger partial charge in [0.25, 0.3) is 0 Å². The maximum atomic E-state index is 12.6. The van der Waals surface area contributed by atoms with Crippen molar-refractivity contribution in [2.45, 2.75) is 6.10 Å². The van der Waals surface area contributed by atoms with E-state index in [-0.39, 0.29) is 12.3 Å². The molecule has 0 aromatic heterocycles. The largest absolute Gasteiger partial charge is 0.496 e. The van der Waals surface area contributed by atoms with E-state index in [4.69, 9.17) is 18.9 Å². The number of hydrogen-bond acceptors (Lipinski definition) is 6. The van der Waals surface area contributed by atoms with E-state index in [0.717, 1.165) is 10.0 Å². The Morgan fingerprint density at radius 1 is 1.19 bits per heavy atom. The van der Waals surface area contributed by atoms with Crippen molar-refractivity contribution in [3.05, 3.63) is 52.0 Å². The number of rotatable bonds is 7. The smallest absolute Gasteiger partial charge is 0.187 e. The molecule has 1 unspecified atom stereocenters. The number of ether oxygens (including phenoxy) is 4. The van der Waals surface area contributed by atoms with Gasteiger partial charge < -0.3 is 18.9 Å². The Labute approximate surface area is 166 Å². The molecule has 1 heterocycles. The van der Waals surface area contributed by atoms with Crippen LogP contribution in [0.3, 0.4) is 0 Å². The average molecular weight is 434 g/mol. The highest BCUT2D eigenvalue weighted by Crippen LogP contribution is 2.33. The predicted molar refractivity (Wildman–Crippen MR) is 105 cm³/mol. The van der Waals surface area contributed by atoms with Gasteiger partial charge in [0, 0.05) is 13.3 Å². The first-order valence-corrected chi connectivity index (χ1v) is 9.20. The van der Waals surface area contributed by atoms with E-state index in [9.17, 15) is 4.79 Å². The summed E-state index contributed by atoms with van der Waals surface area (Å²) >= 11 is 3.40. The first-order valence-electron chi connectivity index (χ1n) is 8.41. The number of methoxy groups -OCH3 is 2. The zero-order valence-corrected chi connectivity index (χ0v) is 16.7. The summed E-state index contributed by atoms with van der Waals surface area (Å²) in [5, 5.41) is 0. The molecule has 0 N–H and O–H groups in total. The molecule has 0 aliphatic carbocycles. The van der Waals surface area contributed by atoms with Crippen molar-refractivity contribution in [2.24, 2.45) is 4.99 Å². The Bertz CT molecular complexity index is 852. The molecule has 0 spiro atoms. The molecule has 1 atom stereocenters. The lowest BCUT2D eigenvalue weighted by Crippen LogP contribution is -2.19. The minimum atomic E-state index is -0.711. The van der Waals surface area contributed by atoms with E-state index in [0.29, 0.717) is 36.0 Å². The third kappa shape index (κ3) is 4.67. The average Bonchev–Trinajstić information content (AvgIpc) is 2.69.